The van der Waals surface area contributed by atoms with Crippen LogP contribution in [0.15, 0.2) is 36.5 Å². The Morgan fingerprint density at radius 1 is 1.28 bits per heavy atom. The van der Waals surface area contributed by atoms with Gasteiger partial charge in [0.2, 0.25) is 0 Å². The molecule has 0 amide bonds. The molecule has 3 N–H and O–H groups in total. The van der Waals surface area contributed by atoms with E-state index in [-0.39, 0.29) is 0 Å². The fourth-order valence-corrected chi connectivity index (χ4v) is 2.17. The Morgan fingerprint density at radius 2 is 2.06 bits per heavy atom. The second kappa shape index (κ2) is 5.57. The molecule has 0 bridgehead atoms. The van der Waals surface area contributed by atoms with Gasteiger partial charge in [-0.2, -0.15) is 0 Å². The Kier molecular flexibility index (Phi) is 4.07. The zero-order valence-corrected chi connectivity index (χ0v) is 11.0. The molecular weight excluding hydrogens is 271 g/mol. The van der Waals surface area contributed by atoms with Crippen LogP contribution >= 0.6 is 23.2 Å². The van der Waals surface area contributed by atoms with E-state index >= 15 is 0 Å². The average Bonchev–Trinajstić information content (AvgIpc) is 2.32. The van der Waals surface area contributed by atoms with Crippen LogP contribution < -0.4 is 5.73 Å². The van der Waals surface area contributed by atoms with Gasteiger partial charge in [-0.3, -0.25) is 0 Å². The highest BCUT2D eigenvalue weighted by atomic mass is 35.5. The van der Waals surface area contributed by atoms with Crippen LogP contribution in [0, 0.1) is 0 Å². The lowest BCUT2D eigenvalue weighted by molar-refractivity contribution is 0.178. The quantitative estimate of drug-likeness (QED) is 0.909. The number of pyridine rings is 1. The number of aromatic nitrogens is 1. The van der Waals surface area contributed by atoms with Gasteiger partial charge in [0.25, 0.3) is 0 Å². The molecule has 0 aliphatic heterocycles. The normalized spacial score (nSPS) is 12.4. The maximum atomic E-state index is 10.2. The van der Waals surface area contributed by atoms with Crippen molar-refractivity contribution in [2.24, 2.45) is 0 Å². The number of aliphatic hydroxyl groups is 1. The van der Waals surface area contributed by atoms with Crippen molar-refractivity contribution >= 4 is 29.0 Å². The van der Waals surface area contributed by atoms with Gasteiger partial charge >= 0.3 is 0 Å². The summed E-state index contributed by atoms with van der Waals surface area (Å²) in [6.45, 7) is 0. The molecule has 1 atom stereocenters. The standard InChI is InChI=1S/C13H12Cl2N2O/c14-10-3-1-2-9(13(10)15)11(18)6-8-4-5-17-12(16)7-8/h1-5,7,11,18H,6H2,(H2,16,17). The molecule has 94 valence electrons. The van der Waals surface area contributed by atoms with E-state index in [0.717, 1.165) is 5.56 Å². The maximum Gasteiger partial charge on any atom is 0.123 e. The Hall–Kier alpha value is -1.29. The van der Waals surface area contributed by atoms with E-state index in [9.17, 15) is 5.11 Å². The largest absolute Gasteiger partial charge is 0.388 e. The highest BCUT2D eigenvalue weighted by Gasteiger charge is 2.14. The molecular formula is C13H12Cl2N2O. The Labute approximate surface area is 115 Å². The van der Waals surface area contributed by atoms with Gasteiger partial charge in [-0.05, 0) is 23.8 Å². The van der Waals surface area contributed by atoms with Crippen molar-refractivity contribution in [3.63, 3.8) is 0 Å². The monoisotopic (exact) mass is 282 g/mol. The molecule has 0 saturated carbocycles. The topological polar surface area (TPSA) is 59.1 Å². The van der Waals surface area contributed by atoms with Crippen molar-refractivity contribution in [3.05, 3.63) is 57.7 Å². The van der Waals surface area contributed by atoms with E-state index in [2.05, 4.69) is 4.98 Å². The first-order chi connectivity index (χ1) is 8.58. The van der Waals surface area contributed by atoms with Gasteiger partial charge in [-0.1, -0.05) is 35.3 Å². The van der Waals surface area contributed by atoms with Gasteiger partial charge in [0.15, 0.2) is 0 Å². The van der Waals surface area contributed by atoms with Crippen LogP contribution in [0.4, 0.5) is 5.82 Å². The first-order valence-electron chi connectivity index (χ1n) is 5.40. The molecule has 0 spiro atoms. The number of benzene rings is 1. The number of nitrogens with zero attached hydrogens (tertiary/aromatic N) is 1. The minimum Gasteiger partial charge on any atom is -0.388 e. The molecule has 5 heteroatoms. The lowest BCUT2D eigenvalue weighted by Gasteiger charge is -2.13. The molecule has 0 radical (unpaired) electrons. The maximum absolute atomic E-state index is 10.2. The zero-order chi connectivity index (χ0) is 13.1. The van der Waals surface area contributed by atoms with Crippen molar-refractivity contribution in [1.29, 1.82) is 0 Å². The van der Waals surface area contributed by atoms with Gasteiger partial charge in [0.1, 0.15) is 5.82 Å². The van der Waals surface area contributed by atoms with Crippen molar-refractivity contribution in [2.75, 3.05) is 5.73 Å². The molecule has 1 aromatic carbocycles. The molecule has 0 saturated heterocycles. The minimum absolute atomic E-state index is 0.383. The van der Waals surface area contributed by atoms with Crippen molar-refractivity contribution in [2.45, 2.75) is 12.5 Å². The molecule has 0 fully saturated rings. The number of anilines is 1. The molecule has 0 aliphatic carbocycles. The van der Waals surface area contributed by atoms with Crippen LogP contribution in [-0.2, 0) is 6.42 Å². The fourth-order valence-electron chi connectivity index (χ4n) is 1.73. The van der Waals surface area contributed by atoms with E-state index in [0.29, 0.717) is 27.8 Å². The van der Waals surface area contributed by atoms with E-state index in [1.807, 2.05) is 0 Å². The smallest absolute Gasteiger partial charge is 0.123 e. The number of hydrogen-bond acceptors (Lipinski definition) is 3. The highest BCUT2D eigenvalue weighted by Crippen LogP contribution is 2.31. The van der Waals surface area contributed by atoms with Gasteiger partial charge in [0.05, 0.1) is 16.1 Å². The van der Waals surface area contributed by atoms with Gasteiger partial charge in [0, 0.05) is 18.2 Å². The van der Waals surface area contributed by atoms with Crippen molar-refractivity contribution in [1.82, 2.24) is 4.98 Å². The molecule has 0 aliphatic rings. The number of aliphatic hydroxyl groups excluding tert-OH is 1. The van der Waals surface area contributed by atoms with Crippen molar-refractivity contribution < 1.29 is 5.11 Å². The fraction of sp³-hybridized carbons (Fsp3) is 0.154. The summed E-state index contributed by atoms with van der Waals surface area (Å²) in [4.78, 5) is 3.90. The first-order valence-corrected chi connectivity index (χ1v) is 6.16. The van der Waals surface area contributed by atoms with E-state index in [1.165, 1.54) is 0 Å². The second-order valence-corrected chi connectivity index (χ2v) is 4.74. The molecule has 3 nitrogen and oxygen atoms in total. The van der Waals surface area contributed by atoms with Crippen LogP contribution in [-0.4, -0.2) is 10.1 Å². The van der Waals surface area contributed by atoms with Crippen molar-refractivity contribution in [3.8, 4) is 0 Å². The first kappa shape index (κ1) is 13.1. The van der Waals surface area contributed by atoms with Gasteiger partial charge < -0.3 is 10.8 Å². The summed E-state index contributed by atoms with van der Waals surface area (Å²) < 4.78 is 0. The molecule has 2 rings (SSSR count). The lowest BCUT2D eigenvalue weighted by atomic mass is 10.0. The molecule has 1 heterocycles. The zero-order valence-electron chi connectivity index (χ0n) is 9.48. The third-order valence-corrected chi connectivity index (χ3v) is 3.45. The Morgan fingerprint density at radius 3 is 2.78 bits per heavy atom. The Balaban J connectivity index is 2.22. The minimum atomic E-state index is -0.724. The third-order valence-electron chi connectivity index (χ3n) is 2.62. The lowest BCUT2D eigenvalue weighted by Crippen LogP contribution is -2.03. The highest BCUT2D eigenvalue weighted by molar-refractivity contribution is 6.42. The van der Waals surface area contributed by atoms with Crippen LogP contribution in [0.25, 0.3) is 0 Å². The van der Waals surface area contributed by atoms with Crippen LogP contribution in [0.1, 0.15) is 17.2 Å². The van der Waals surface area contributed by atoms with Crippen LogP contribution in [0.2, 0.25) is 10.0 Å². The SMILES string of the molecule is Nc1cc(CC(O)c2cccc(Cl)c2Cl)ccn1. The Bertz CT molecular complexity index is 560. The molecule has 2 aromatic rings. The van der Waals surface area contributed by atoms with Crippen LogP contribution in [0.5, 0.6) is 0 Å². The van der Waals surface area contributed by atoms with Crippen LogP contribution in [0.3, 0.4) is 0 Å². The molecule has 18 heavy (non-hydrogen) atoms. The average molecular weight is 283 g/mol. The van der Waals surface area contributed by atoms with Gasteiger partial charge in [-0.15, -0.1) is 0 Å². The third kappa shape index (κ3) is 2.93. The summed E-state index contributed by atoms with van der Waals surface area (Å²) >= 11 is 12.0. The number of halogens is 2. The molecule has 1 aromatic heterocycles. The number of rotatable bonds is 3. The predicted molar refractivity (Wildman–Crippen MR) is 73.8 cm³/mol. The molecule has 1 unspecified atom stereocenters. The summed E-state index contributed by atoms with van der Waals surface area (Å²) in [5, 5.41) is 11.0. The predicted octanol–water partition coefficient (Wildman–Crippen LogP) is 3.25. The van der Waals surface area contributed by atoms with E-state index in [1.54, 1.807) is 36.5 Å². The summed E-state index contributed by atoms with van der Waals surface area (Å²) in [6, 6.07) is 8.72. The summed E-state index contributed by atoms with van der Waals surface area (Å²) in [6.07, 6.45) is 1.29. The summed E-state index contributed by atoms with van der Waals surface area (Å²) in [5.74, 6) is 0.428. The van der Waals surface area contributed by atoms with E-state index < -0.39 is 6.10 Å². The number of nitrogen functional groups attached to an aromatic ring is 1. The van der Waals surface area contributed by atoms with Gasteiger partial charge in [-0.25, -0.2) is 4.98 Å². The second-order valence-electron chi connectivity index (χ2n) is 3.95. The summed E-state index contributed by atoms with van der Waals surface area (Å²) in [7, 11) is 0. The number of nitrogens with two attached hydrogens (primary N) is 1. The summed E-state index contributed by atoms with van der Waals surface area (Å²) in [5.41, 5.74) is 7.09. The number of hydrogen-bond donors (Lipinski definition) is 2. The van der Waals surface area contributed by atoms with E-state index in [4.69, 9.17) is 28.9 Å².